The van der Waals surface area contributed by atoms with Crippen molar-refractivity contribution in [3.63, 3.8) is 0 Å². The summed E-state index contributed by atoms with van der Waals surface area (Å²) in [7, 11) is 3.78. The molecule has 6 heteroatoms. The van der Waals surface area contributed by atoms with E-state index in [1.165, 1.54) is 24.3 Å². The molecule has 3 aromatic carbocycles. The Kier molecular flexibility index (Phi) is 5.53. The summed E-state index contributed by atoms with van der Waals surface area (Å²) in [5.74, 6) is -1.32. The van der Waals surface area contributed by atoms with E-state index in [4.69, 9.17) is 0 Å². The highest BCUT2D eigenvalue weighted by Gasteiger charge is 2.40. The fourth-order valence-electron chi connectivity index (χ4n) is 3.76. The van der Waals surface area contributed by atoms with Crippen molar-refractivity contribution in [2.75, 3.05) is 29.2 Å². The number of nitrogens with zero attached hydrogens (tertiary/aromatic N) is 2. The summed E-state index contributed by atoms with van der Waals surface area (Å²) < 4.78 is 13.5. The highest BCUT2D eigenvalue weighted by Crippen LogP contribution is 2.35. The number of imide groups is 1. The number of aryl methyl sites for hydroxylation is 2. The number of hydrogen-bond acceptors (Lipinski definition) is 4. The van der Waals surface area contributed by atoms with Crippen molar-refractivity contribution in [1.29, 1.82) is 0 Å². The lowest BCUT2D eigenvalue weighted by molar-refractivity contribution is -0.120. The molecule has 1 aliphatic heterocycles. The molecular formula is C26H24FN3O2. The number of rotatable bonds is 5. The first-order chi connectivity index (χ1) is 15.3. The van der Waals surface area contributed by atoms with Crippen molar-refractivity contribution >= 4 is 34.4 Å². The molecule has 0 spiro atoms. The Morgan fingerprint density at radius 3 is 2.25 bits per heavy atom. The molecule has 1 N–H and O–H groups in total. The average molecular weight is 429 g/mol. The number of carbonyl (C=O) groups excluding carboxylic acids is 2. The highest BCUT2D eigenvalue weighted by atomic mass is 19.1. The van der Waals surface area contributed by atoms with E-state index in [-0.39, 0.29) is 11.3 Å². The average Bonchev–Trinajstić information content (AvgIpc) is 3.00. The van der Waals surface area contributed by atoms with Crippen LogP contribution in [0.25, 0.3) is 5.57 Å². The van der Waals surface area contributed by atoms with Crippen LogP contribution in [0.3, 0.4) is 0 Å². The topological polar surface area (TPSA) is 52.7 Å². The van der Waals surface area contributed by atoms with E-state index < -0.39 is 17.6 Å². The van der Waals surface area contributed by atoms with E-state index in [1.807, 2.05) is 57.1 Å². The van der Waals surface area contributed by atoms with Gasteiger partial charge in [-0.3, -0.25) is 9.59 Å². The molecule has 0 bridgehead atoms. The van der Waals surface area contributed by atoms with Gasteiger partial charge in [0.25, 0.3) is 11.8 Å². The molecular weight excluding hydrogens is 405 g/mol. The largest absolute Gasteiger partial charge is 0.378 e. The summed E-state index contributed by atoms with van der Waals surface area (Å²) in [6.07, 6.45) is 0. The van der Waals surface area contributed by atoms with E-state index in [0.717, 1.165) is 27.4 Å². The van der Waals surface area contributed by atoms with Gasteiger partial charge >= 0.3 is 0 Å². The molecule has 0 aliphatic carbocycles. The predicted octanol–water partition coefficient (Wildman–Crippen LogP) is 4.91. The van der Waals surface area contributed by atoms with Crippen molar-refractivity contribution in [3.05, 3.63) is 94.9 Å². The number of nitrogens with one attached hydrogen (secondary N) is 1. The van der Waals surface area contributed by atoms with Gasteiger partial charge in [-0.05, 0) is 61.4 Å². The van der Waals surface area contributed by atoms with E-state index >= 15 is 0 Å². The molecule has 4 rings (SSSR count). The second kappa shape index (κ2) is 8.30. The van der Waals surface area contributed by atoms with Crippen molar-refractivity contribution < 1.29 is 14.0 Å². The summed E-state index contributed by atoms with van der Waals surface area (Å²) in [4.78, 5) is 30.1. The molecule has 0 unspecified atom stereocenters. The Hall–Kier alpha value is -3.93. The summed E-state index contributed by atoms with van der Waals surface area (Å²) in [5, 5.41) is 3.18. The van der Waals surface area contributed by atoms with Crippen LogP contribution in [0.5, 0.6) is 0 Å². The SMILES string of the molecule is Cc1ccc(NC2=C(c3ccc(F)cc3)C(=O)N(c3cccc(N(C)C)c3)C2=O)c(C)c1. The van der Waals surface area contributed by atoms with E-state index in [2.05, 4.69) is 5.32 Å². The molecule has 162 valence electrons. The quantitative estimate of drug-likeness (QED) is 0.586. The molecule has 0 fully saturated rings. The molecule has 2 amide bonds. The first-order valence-electron chi connectivity index (χ1n) is 10.3. The van der Waals surface area contributed by atoms with Crippen LogP contribution in [0.2, 0.25) is 0 Å². The number of hydrogen-bond donors (Lipinski definition) is 1. The lowest BCUT2D eigenvalue weighted by Gasteiger charge is -2.19. The van der Waals surface area contributed by atoms with Crippen LogP contribution in [-0.2, 0) is 9.59 Å². The van der Waals surface area contributed by atoms with Gasteiger partial charge in [0.2, 0.25) is 0 Å². The molecule has 0 saturated heterocycles. The monoisotopic (exact) mass is 429 g/mol. The second-order valence-electron chi connectivity index (χ2n) is 8.06. The molecule has 3 aromatic rings. The Bertz CT molecular complexity index is 1250. The van der Waals surface area contributed by atoms with Gasteiger partial charge in [0.15, 0.2) is 0 Å². The lowest BCUT2D eigenvalue weighted by Crippen LogP contribution is -2.32. The Morgan fingerprint density at radius 2 is 1.59 bits per heavy atom. The zero-order valence-corrected chi connectivity index (χ0v) is 18.4. The fourth-order valence-corrected chi connectivity index (χ4v) is 3.76. The molecule has 32 heavy (non-hydrogen) atoms. The number of anilines is 3. The normalized spacial score (nSPS) is 13.7. The number of carbonyl (C=O) groups is 2. The van der Waals surface area contributed by atoms with Gasteiger partial charge in [-0.2, -0.15) is 0 Å². The van der Waals surface area contributed by atoms with Crippen molar-refractivity contribution in [2.45, 2.75) is 13.8 Å². The molecule has 1 heterocycles. The predicted molar refractivity (Wildman–Crippen MR) is 126 cm³/mol. The van der Waals surface area contributed by atoms with Crippen molar-refractivity contribution in [2.24, 2.45) is 0 Å². The van der Waals surface area contributed by atoms with Crippen molar-refractivity contribution in [3.8, 4) is 0 Å². The van der Waals surface area contributed by atoms with Crippen LogP contribution >= 0.6 is 0 Å². The van der Waals surface area contributed by atoms with Gasteiger partial charge in [0, 0.05) is 25.5 Å². The minimum absolute atomic E-state index is 0.170. The van der Waals surface area contributed by atoms with Gasteiger partial charge in [0.05, 0.1) is 11.3 Å². The number of amides is 2. The lowest BCUT2D eigenvalue weighted by atomic mass is 10.0. The second-order valence-corrected chi connectivity index (χ2v) is 8.06. The minimum atomic E-state index is -0.454. The van der Waals surface area contributed by atoms with Crippen LogP contribution in [0.4, 0.5) is 21.5 Å². The van der Waals surface area contributed by atoms with E-state index in [9.17, 15) is 14.0 Å². The van der Waals surface area contributed by atoms with Gasteiger partial charge < -0.3 is 10.2 Å². The maximum absolute atomic E-state index is 13.5. The van der Waals surface area contributed by atoms with Crippen LogP contribution in [0, 0.1) is 19.7 Å². The molecule has 5 nitrogen and oxygen atoms in total. The summed E-state index contributed by atoms with van der Waals surface area (Å²) in [6.45, 7) is 3.93. The summed E-state index contributed by atoms with van der Waals surface area (Å²) in [5.41, 5.74) is 4.97. The van der Waals surface area contributed by atoms with Crippen molar-refractivity contribution in [1.82, 2.24) is 0 Å². The Morgan fingerprint density at radius 1 is 0.875 bits per heavy atom. The summed E-state index contributed by atoms with van der Waals surface area (Å²) >= 11 is 0. The van der Waals surface area contributed by atoms with Crippen LogP contribution in [0.1, 0.15) is 16.7 Å². The zero-order valence-electron chi connectivity index (χ0n) is 18.4. The van der Waals surface area contributed by atoms with Gasteiger partial charge in [-0.15, -0.1) is 0 Å². The molecule has 0 aromatic heterocycles. The zero-order chi connectivity index (χ0) is 23.0. The third kappa shape index (κ3) is 3.87. The van der Waals surface area contributed by atoms with E-state index in [1.54, 1.807) is 18.2 Å². The molecule has 0 atom stereocenters. The Labute approximate surface area is 186 Å². The standard InChI is InChI=1S/C26H24FN3O2/c1-16-8-13-22(17(2)14-16)28-24-23(18-9-11-19(27)12-10-18)25(31)30(26(24)32)21-7-5-6-20(15-21)29(3)4/h5-15,28H,1-4H3. The van der Waals surface area contributed by atoms with Crippen LogP contribution < -0.4 is 15.1 Å². The highest BCUT2D eigenvalue weighted by molar-refractivity contribution is 6.46. The van der Waals surface area contributed by atoms with E-state index in [0.29, 0.717) is 11.3 Å². The van der Waals surface area contributed by atoms with Gasteiger partial charge in [-0.1, -0.05) is 35.9 Å². The fraction of sp³-hybridized carbons (Fsp3) is 0.154. The summed E-state index contributed by atoms with van der Waals surface area (Å²) in [6, 6.07) is 18.6. The third-order valence-electron chi connectivity index (χ3n) is 5.46. The Balaban J connectivity index is 1.83. The van der Waals surface area contributed by atoms with Crippen LogP contribution in [0.15, 0.2) is 72.4 Å². The number of halogens is 1. The van der Waals surface area contributed by atoms with Gasteiger partial charge in [0.1, 0.15) is 11.5 Å². The van der Waals surface area contributed by atoms with Crippen LogP contribution in [-0.4, -0.2) is 25.9 Å². The number of benzene rings is 3. The first-order valence-corrected chi connectivity index (χ1v) is 10.3. The van der Waals surface area contributed by atoms with Gasteiger partial charge in [-0.25, -0.2) is 9.29 Å². The molecule has 0 radical (unpaired) electrons. The maximum Gasteiger partial charge on any atom is 0.282 e. The molecule has 1 aliphatic rings. The first kappa shape index (κ1) is 21.3. The smallest absolute Gasteiger partial charge is 0.282 e. The maximum atomic E-state index is 13.5. The molecule has 0 saturated carbocycles. The third-order valence-corrected chi connectivity index (χ3v) is 5.46. The minimum Gasteiger partial charge on any atom is -0.378 e.